The van der Waals surface area contributed by atoms with Crippen molar-refractivity contribution < 1.29 is 15.3 Å². The zero-order valence-electron chi connectivity index (χ0n) is 20.8. The van der Waals surface area contributed by atoms with Gasteiger partial charge in [-0.15, -0.1) is 0 Å². The summed E-state index contributed by atoms with van der Waals surface area (Å²) >= 11 is 0. The maximum absolute atomic E-state index is 11.8. The molecule has 0 fully saturated rings. The normalized spacial score (nSPS) is 12.4. The molecule has 4 N–H and O–H groups in total. The second-order valence-corrected chi connectivity index (χ2v) is 9.19. The van der Waals surface area contributed by atoms with Crippen LogP contribution in [0.3, 0.4) is 0 Å². The number of aryl methyl sites for hydroxylation is 1. The van der Waals surface area contributed by atoms with Gasteiger partial charge in [-0.1, -0.05) is 72.8 Å². The Morgan fingerprint density at radius 2 is 1.51 bits per heavy atom. The molecule has 0 aliphatic carbocycles. The highest BCUT2D eigenvalue weighted by Gasteiger charge is 2.29. The number of pyridine rings is 1. The van der Waals surface area contributed by atoms with E-state index >= 15 is 0 Å². The minimum absolute atomic E-state index is 0.0601. The molecule has 2 heterocycles. The number of fused-ring (bicyclic) bond motifs is 1. The fraction of sp³-hybridized carbons (Fsp3) is 0.200. The summed E-state index contributed by atoms with van der Waals surface area (Å²) < 4.78 is 1.94. The van der Waals surface area contributed by atoms with Crippen molar-refractivity contribution in [1.82, 2.24) is 14.5 Å². The summed E-state index contributed by atoms with van der Waals surface area (Å²) in [6.45, 7) is 2.58. The van der Waals surface area contributed by atoms with E-state index in [1.54, 1.807) is 12.4 Å². The van der Waals surface area contributed by atoms with Gasteiger partial charge in [-0.2, -0.15) is 0 Å². The Kier molecular flexibility index (Phi) is 7.01. The Bertz CT molecular complexity index is 1460. The van der Waals surface area contributed by atoms with Crippen LogP contribution in [-0.2, 0) is 6.54 Å². The molecule has 0 saturated carbocycles. The van der Waals surface area contributed by atoms with Crippen molar-refractivity contribution in [3.05, 3.63) is 125 Å². The average Bonchev–Trinajstić information content (AvgIpc) is 3.32. The Morgan fingerprint density at radius 3 is 2.08 bits per heavy atom. The second kappa shape index (κ2) is 10.5. The highest BCUT2D eigenvalue weighted by atomic mass is 16.5. The molecule has 0 amide bonds. The van der Waals surface area contributed by atoms with E-state index in [1.807, 2.05) is 91.3 Å². The van der Waals surface area contributed by atoms with Gasteiger partial charge in [0.2, 0.25) is 0 Å². The summed E-state index contributed by atoms with van der Waals surface area (Å²) in [7, 11) is 1.89. The van der Waals surface area contributed by atoms with Gasteiger partial charge in [0, 0.05) is 25.2 Å². The molecule has 37 heavy (non-hydrogen) atoms. The average molecular weight is 495 g/mol. The Labute approximate surface area is 215 Å². The molecule has 0 aliphatic rings. The Hall–Kier alpha value is -4.04. The first-order valence-electron chi connectivity index (χ1n) is 12.2. The van der Waals surface area contributed by atoms with Crippen molar-refractivity contribution in [2.24, 2.45) is 0 Å². The molecule has 0 saturated heterocycles. The molecule has 7 nitrogen and oxygen atoms in total. The number of hydrogen-bond acceptors (Lipinski definition) is 6. The van der Waals surface area contributed by atoms with E-state index in [9.17, 15) is 15.3 Å². The minimum atomic E-state index is -1.79. The molecular weight excluding hydrogens is 464 g/mol. The van der Waals surface area contributed by atoms with Gasteiger partial charge in [0.25, 0.3) is 0 Å². The summed E-state index contributed by atoms with van der Waals surface area (Å²) in [6.07, 6.45) is -1.16. The maximum atomic E-state index is 11.8. The van der Waals surface area contributed by atoms with Crippen molar-refractivity contribution in [3.63, 3.8) is 0 Å². The minimum Gasteiger partial charge on any atom is -0.388 e. The third-order valence-electron chi connectivity index (χ3n) is 6.75. The summed E-state index contributed by atoms with van der Waals surface area (Å²) in [4.78, 5) is 9.12. The van der Waals surface area contributed by atoms with E-state index in [4.69, 9.17) is 0 Å². The summed E-state index contributed by atoms with van der Waals surface area (Å²) in [5.74, 6) is -0.425. The van der Waals surface area contributed by atoms with Crippen LogP contribution < -0.4 is 5.32 Å². The van der Waals surface area contributed by atoms with Crippen LogP contribution in [-0.4, -0.2) is 36.9 Å². The number of aromatic nitrogens is 3. The van der Waals surface area contributed by atoms with Crippen LogP contribution in [0.2, 0.25) is 0 Å². The topological polar surface area (TPSA) is 103 Å². The smallest absolute Gasteiger partial charge is 0.196 e. The summed E-state index contributed by atoms with van der Waals surface area (Å²) in [6, 6.07) is 27.3. The SMILES string of the molecule is CNc1ccc(Cn2cnc3c(C(O)C(c4ccccc4)c4ccccc4)nc(C(O)O)cc32)cc1C. The van der Waals surface area contributed by atoms with Crippen molar-refractivity contribution in [1.29, 1.82) is 0 Å². The predicted octanol–water partition coefficient (Wildman–Crippen LogP) is 4.68. The van der Waals surface area contributed by atoms with Crippen molar-refractivity contribution in [2.75, 3.05) is 12.4 Å². The van der Waals surface area contributed by atoms with Crippen molar-refractivity contribution >= 4 is 16.7 Å². The molecule has 5 rings (SSSR count). The second-order valence-electron chi connectivity index (χ2n) is 9.19. The van der Waals surface area contributed by atoms with Crippen molar-refractivity contribution in [3.8, 4) is 0 Å². The van der Waals surface area contributed by atoms with E-state index in [0.717, 1.165) is 27.9 Å². The number of aliphatic hydroxyl groups excluding tert-OH is 2. The van der Waals surface area contributed by atoms with Crippen LogP contribution in [0.25, 0.3) is 11.0 Å². The molecule has 1 atom stereocenters. The lowest BCUT2D eigenvalue weighted by Gasteiger charge is -2.24. The molecule has 5 aromatic rings. The number of nitrogens with one attached hydrogen (secondary N) is 1. The third-order valence-corrected chi connectivity index (χ3v) is 6.75. The van der Waals surface area contributed by atoms with Gasteiger partial charge in [-0.05, 0) is 41.3 Å². The molecule has 3 aromatic carbocycles. The lowest BCUT2D eigenvalue weighted by Crippen LogP contribution is -2.16. The number of aliphatic hydroxyl groups is 3. The van der Waals surface area contributed by atoms with Crippen LogP contribution in [0.5, 0.6) is 0 Å². The highest BCUT2D eigenvalue weighted by Crippen LogP contribution is 2.38. The lowest BCUT2D eigenvalue weighted by molar-refractivity contribution is -0.0460. The largest absolute Gasteiger partial charge is 0.388 e. The van der Waals surface area contributed by atoms with E-state index in [0.29, 0.717) is 23.3 Å². The fourth-order valence-electron chi connectivity index (χ4n) is 4.91. The first-order valence-corrected chi connectivity index (χ1v) is 12.2. The van der Waals surface area contributed by atoms with Gasteiger partial charge in [0.15, 0.2) is 6.29 Å². The Morgan fingerprint density at radius 1 is 0.865 bits per heavy atom. The quantitative estimate of drug-likeness (QED) is 0.234. The molecule has 0 spiro atoms. The van der Waals surface area contributed by atoms with E-state index in [-0.39, 0.29) is 5.69 Å². The Balaban J connectivity index is 1.62. The number of imidazole rings is 1. The zero-order chi connectivity index (χ0) is 25.9. The van der Waals surface area contributed by atoms with Crippen LogP contribution in [0.1, 0.15) is 52.0 Å². The number of hydrogen-bond donors (Lipinski definition) is 4. The summed E-state index contributed by atoms with van der Waals surface area (Å²) in [5, 5.41) is 35.1. The first-order chi connectivity index (χ1) is 18.0. The predicted molar refractivity (Wildman–Crippen MR) is 144 cm³/mol. The van der Waals surface area contributed by atoms with Crippen LogP contribution in [0.4, 0.5) is 5.69 Å². The van der Waals surface area contributed by atoms with E-state index in [1.165, 1.54) is 0 Å². The highest BCUT2D eigenvalue weighted by molar-refractivity contribution is 5.79. The molecule has 7 heteroatoms. The molecule has 1 unspecified atom stereocenters. The summed E-state index contributed by atoms with van der Waals surface area (Å²) in [5.41, 5.74) is 6.67. The van der Waals surface area contributed by atoms with E-state index in [2.05, 4.69) is 21.4 Å². The van der Waals surface area contributed by atoms with Gasteiger partial charge in [-0.3, -0.25) is 0 Å². The first kappa shape index (κ1) is 24.6. The van der Waals surface area contributed by atoms with E-state index < -0.39 is 18.3 Å². The third kappa shape index (κ3) is 4.97. The van der Waals surface area contributed by atoms with Gasteiger partial charge < -0.3 is 25.2 Å². The maximum Gasteiger partial charge on any atom is 0.196 e. The van der Waals surface area contributed by atoms with Gasteiger partial charge in [-0.25, -0.2) is 9.97 Å². The number of rotatable bonds is 8. The van der Waals surface area contributed by atoms with Crippen LogP contribution >= 0.6 is 0 Å². The van der Waals surface area contributed by atoms with Crippen LogP contribution in [0.15, 0.2) is 91.3 Å². The number of nitrogens with zero attached hydrogens (tertiary/aromatic N) is 3. The molecular formula is C30H30N4O3. The number of benzene rings is 3. The zero-order valence-corrected chi connectivity index (χ0v) is 20.8. The van der Waals surface area contributed by atoms with Crippen molar-refractivity contribution in [2.45, 2.75) is 31.8 Å². The van der Waals surface area contributed by atoms with Crippen LogP contribution in [0, 0.1) is 6.92 Å². The molecule has 0 aliphatic heterocycles. The molecule has 0 bridgehead atoms. The molecule has 0 radical (unpaired) electrons. The standard InChI is InChI=1S/C30H30N4O3/c1-19-15-20(13-14-23(19)31-2)17-34-18-32-27-25(34)16-24(30(36)37)33-28(27)29(35)26(21-9-5-3-6-10-21)22-11-7-4-8-12-22/h3-16,18,26,29-31,35-37H,17H2,1-2H3. The monoisotopic (exact) mass is 494 g/mol. The van der Waals surface area contributed by atoms with Gasteiger partial charge in [0.05, 0.1) is 23.2 Å². The molecule has 188 valence electrons. The van der Waals surface area contributed by atoms with Gasteiger partial charge >= 0.3 is 0 Å². The fourth-order valence-corrected chi connectivity index (χ4v) is 4.91. The number of anilines is 1. The molecule has 2 aromatic heterocycles. The van der Waals surface area contributed by atoms with Gasteiger partial charge in [0.1, 0.15) is 11.6 Å². The lowest BCUT2D eigenvalue weighted by atomic mass is 9.85.